The van der Waals surface area contributed by atoms with Gasteiger partial charge in [0, 0.05) is 17.3 Å². The summed E-state index contributed by atoms with van der Waals surface area (Å²) in [5.74, 6) is -1.08. The molecule has 1 rings (SSSR count). The van der Waals surface area contributed by atoms with E-state index in [0.29, 0.717) is 0 Å². The maximum Gasteiger partial charge on any atom is 0.488 e. The van der Waals surface area contributed by atoms with Crippen LogP contribution in [0.4, 0.5) is 9.57 Å². The predicted octanol–water partition coefficient (Wildman–Crippen LogP) is 0.957. The summed E-state index contributed by atoms with van der Waals surface area (Å²) in [6, 6.07) is 2.37. The maximum absolute atomic E-state index is 12.4. The molecule has 17 heavy (non-hydrogen) atoms. The van der Waals surface area contributed by atoms with Gasteiger partial charge >= 0.3 is 16.5 Å². The Morgan fingerprint density at radius 3 is 2.47 bits per heavy atom. The average molecular weight is 263 g/mol. The van der Waals surface area contributed by atoms with E-state index in [-0.39, 0.29) is 22.6 Å². The molecular formula is C9H10FNO5S. The van der Waals surface area contributed by atoms with Crippen LogP contribution in [-0.4, -0.2) is 21.5 Å². The topological polar surface area (TPSA) is 95.7 Å². The Balaban J connectivity index is 3.33. The lowest BCUT2D eigenvalue weighted by Crippen LogP contribution is -2.09. The summed E-state index contributed by atoms with van der Waals surface area (Å²) >= 11 is 0. The number of anilines is 1. The third kappa shape index (κ3) is 3.31. The zero-order chi connectivity index (χ0) is 13.2. The average Bonchev–Trinajstić information content (AvgIpc) is 2.19. The number of nitrogen functional groups attached to an aromatic ring is 1. The van der Waals surface area contributed by atoms with Gasteiger partial charge in [0.15, 0.2) is 5.75 Å². The number of rotatable bonds is 3. The van der Waals surface area contributed by atoms with E-state index in [1.807, 2.05) is 0 Å². The zero-order valence-corrected chi connectivity index (χ0v) is 9.88. The molecule has 6 nitrogen and oxygen atoms in total. The molecule has 0 saturated carbocycles. The first-order valence-electron chi connectivity index (χ1n) is 4.37. The molecule has 8 heteroatoms. The molecule has 0 aliphatic carbocycles. The highest BCUT2D eigenvalue weighted by Gasteiger charge is 2.18. The van der Waals surface area contributed by atoms with Crippen molar-refractivity contribution in [2.75, 3.05) is 12.8 Å². The fraction of sp³-hybridized carbons (Fsp3) is 0.222. The first-order chi connectivity index (χ1) is 7.74. The van der Waals surface area contributed by atoms with Crippen molar-refractivity contribution in [3.63, 3.8) is 0 Å². The molecule has 0 fully saturated rings. The van der Waals surface area contributed by atoms with E-state index in [0.717, 1.165) is 13.2 Å². The van der Waals surface area contributed by atoms with Crippen LogP contribution in [-0.2, 0) is 15.2 Å². The Kier molecular flexibility index (Phi) is 3.56. The maximum atomic E-state index is 12.4. The normalized spacial score (nSPS) is 11.0. The van der Waals surface area contributed by atoms with E-state index in [1.165, 1.54) is 13.0 Å². The highest BCUT2D eigenvalue weighted by Crippen LogP contribution is 2.27. The van der Waals surface area contributed by atoms with E-state index in [4.69, 9.17) is 5.73 Å². The van der Waals surface area contributed by atoms with E-state index >= 15 is 0 Å². The van der Waals surface area contributed by atoms with Gasteiger partial charge in [-0.15, -0.1) is 0 Å². The van der Waals surface area contributed by atoms with Crippen molar-refractivity contribution in [2.45, 2.75) is 6.92 Å². The molecule has 0 unspecified atom stereocenters. The number of hydrogen-bond donors (Lipinski definition) is 1. The molecule has 0 radical (unpaired) electrons. The Morgan fingerprint density at radius 1 is 1.41 bits per heavy atom. The van der Waals surface area contributed by atoms with Gasteiger partial charge in [-0.1, -0.05) is 3.89 Å². The minimum absolute atomic E-state index is 0.00569. The molecule has 0 aliphatic heterocycles. The molecule has 0 atom stereocenters. The summed E-state index contributed by atoms with van der Waals surface area (Å²) in [7, 11) is -4.02. The first kappa shape index (κ1) is 13.2. The summed E-state index contributed by atoms with van der Waals surface area (Å²) in [5, 5.41) is 0. The highest BCUT2D eigenvalue weighted by molar-refractivity contribution is 7.81. The van der Waals surface area contributed by atoms with Gasteiger partial charge in [0.2, 0.25) is 0 Å². The van der Waals surface area contributed by atoms with E-state index < -0.39 is 16.5 Å². The predicted molar refractivity (Wildman–Crippen MR) is 57.6 cm³/mol. The number of carbonyl (C=O) groups excluding carboxylic acids is 1. The monoisotopic (exact) mass is 263 g/mol. The lowest BCUT2D eigenvalue weighted by atomic mass is 10.1. The van der Waals surface area contributed by atoms with Gasteiger partial charge in [-0.25, -0.2) is 4.79 Å². The van der Waals surface area contributed by atoms with Gasteiger partial charge in [0.05, 0.1) is 12.7 Å². The number of carbonyl (C=O) groups is 1. The quantitative estimate of drug-likeness (QED) is 0.495. The number of nitrogens with two attached hydrogens (primary N) is 1. The fourth-order valence-electron chi connectivity index (χ4n) is 1.22. The zero-order valence-electron chi connectivity index (χ0n) is 9.06. The molecule has 0 heterocycles. The van der Waals surface area contributed by atoms with Crippen molar-refractivity contribution < 1.29 is 26.0 Å². The smallest absolute Gasteiger partial charge is 0.465 e. The van der Waals surface area contributed by atoms with Crippen LogP contribution in [0.5, 0.6) is 5.75 Å². The Hall–Kier alpha value is -1.83. The van der Waals surface area contributed by atoms with Crippen LogP contribution in [0.25, 0.3) is 0 Å². The van der Waals surface area contributed by atoms with E-state index in [2.05, 4.69) is 8.92 Å². The minimum atomic E-state index is -5.17. The molecule has 0 aliphatic rings. The lowest BCUT2D eigenvalue weighted by molar-refractivity contribution is 0.0599. The summed E-state index contributed by atoms with van der Waals surface area (Å²) in [6.45, 7) is 1.38. The van der Waals surface area contributed by atoms with Gasteiger partial charge in [0.25, 0.3) is 0 Å². The second kappa shape index (κ2) is 4.58. The summed E-state index contributed by atoms with van der Waals surface area (Å²) < 4.78 is 41.7. The molecule has 1 aromatic carbocycles. The molecule has 0 bridgehead atoms. The SMILES string of the molecule is COC(=O)c1cc(N)cc(OS(=O)(=O)F)c1C. The van der Waals surface area contributed by atoms with Gasteiger partial charge in [-0.05, 0) is 13.0 Å². The summed E-state index contributed by atoms with van der Waals surface area (Å²) in [6.07, 6.45) is 0. The molecular weight excluding hydrogens is 253 g/mol. The Morgan fingerprint density at radius 2 is 2.00 bits per heavy atom. The standard InChI is InChI=1S/C9H10FNO5S/c1-5-7(9(12)15-2)3-6(11)4-8(5)16-17(10,13)14/h3-4H,11H2,1-2H3. The van der Waals surface area contributed by atoms with Crippen molar-refractivity contribution in [1.82, 2.24) is 0 Å². The Bertz CT molecular complexity index is 555. The van der Waals surface area contributed by atoms with Gasteiger partial charge in [0.1, 0.15) is 0 Å². The Labute approximate surface area is 97.6 Å². The van der Waals surface area contributed by atoms with Crippen LogP contribution in [0.3, 0.4) is 0 Å². The number of ether oxygens (including phenoxy) is 1. The molecule has 0 spiro atoms. The minimum Gasteiger partial charge on any atom is -0.465 e. The van der Waals surface area contributed by atoms with E-state index in [1.54, 1.807) is 0 Å². The largest absolute Gasteiger partial charge is 0.488 e. The van der Waals surface area contributed by atoms with Gasteiger partial charge in [-0.2, -0.15) is 8.42 Å². The van der Waals surface area contributed by atoms with E-state index in [9.17, 15) is 17.1 Å². The lowest BCUT2D eigenvalue weighted by Gasteiger charge is -2.09. The van der Waals surface area contributed by atoms with Crippen LogP contribution < -0.4 is 9.92 Å². The second-order valence-electron chi connectivity index (χ2n) is 3.16. The highest BCUT2D eigenvalue weighted by atomic mass is 32.3. The molecule has 0 saturated heterocycles. The van der Waals surface area contributed by atoms with Crippen molar-refractivity contribution in [3.8, 4) is 5.75 Å². The molecule has 94 valence electrons. The number of benzene rings is 1. The van der Waals surface area contributed by atoms with Crippen molar-refractivity contribution in [1.29, 1.82) is 0 Å². The van der Waals surface area contributed by atoms with Crippen molar-refractivity contribution in [2.24, 2.45) is 0 Å². The van der Waals surface area contributed by atoms with Gasteiger partial charge < -0.3 is 14.7 Å². The van der Waals surface area contributed by atoms with Crippen LogP contribution in [0.2, 0.25) is 0 Å². The second-order valence-corrected chi connectivity index (χ2v) is 4.11. The van der Waals surface area contributed by atoms with Gasteiger partial charge in [-0.3, -0.25) is 0 Å². The first-order valence-corrected chi connectivity index (χ1v) is 5.68. The third-order valence-electron chi connectivity index (χ3n) is 1.98. The molecule has 2 N–H and O–H groups in total. The third-order valence-corrected chi connectivity index (χ3v) is 2.36. The molecule has 1 aromatic rings. The van der Waals surface area contributed by atoms with Crippen LogP contribution in [0.1, 0.15) is 15.9 Å². The molecule has 0 aromatic heterocycles. The van der Waals surface area contributed by atoms with Crippen LogP contribution in [0, 0.1) is 6.92 Å². The number of hydrogen-bond acceptors (Lipinski definition) is 6. The summed E-state index contributed by atoms with van der Waals surface area (Å²) in [4.78, 5) is 11.3. The number of esters is 1. The number of methoxy groups -OCH3 is 1. The van der Waals surface area contributed by atoms with Crippen LogP contribution >= 0.6 is 0 Å². The van der Waals surface area contributed by atoms with Crippen molar-refractivity contribution >= 4 is 22.2 Å². The van der Waals surface area contributed by atoms with Crippen molar-refractivity contribution in [3.05, 3.63) is 23.3 Å². The summed E-state index contributed by atoms with van der Waals surface area (Å²) in [5.41, 5.74) is 5.61. The molecule has 0 amide bonds. The number of halogens is 1. The van der Waals surface area contributed by atoms with Crippen LogP contribution in [0.15, 0.2) is 12.1 Å². The fourth-order valence-corrected chi connectivity index (χ4v) is 1.61.